The van der Waals surface area contributed by atoms with Crippen molar-refractivity contribution in [2.75, 3.05) is 13.2 Å². The molecule has 2 aromatic heterocycles. The van der Waals surface area contributed by atoms with Crippen LogP contribution in [0.3, 0.4) is 0 Å². The summed E-state index contributed by atoms with van der Waals surface area (Å²) in [5.41, 5.74) is 1.61. The summed E-state index contributed by atoms with van der Waals surface area (Å²) in [7, 11) is 0. The van der Waals surface area contributed by atoms with Crippen LogP contribution in [0.15, 0.2) is 50.7 Å². The van der Waals surface area contributed by atoms with Gasteiger partial charge >= 0.3 is 5.97 Å². The van der Waals surface area contributed by atoms with E-state index >= 15 is 0 Å². The molecule has 1 unspecified atom stereocenters. The van der Waals surface area contributed by atoms with Crippen molar-refractivity contribution in [1.82, 2.24) is 4.57 Å². The lowest BCUT2D eigenvalue weighted by molar-refractivity contribution is -0.139. The highest BCUT2D eigenvalue weighted by Gasteiger charge is 2.33. The molecule has 0 saturated heterocycles. The van der Waals surface area contributed by atoms with Crippen LogP contribution in [0.2, 0.25) is 0 Å². The number of ether oxygens (including phenoxy) is 2. The zero-order valence-corrected chi connectivity index (χ0v) is 24.1. The van der Waals surface area contributed by atoms with Crippen molar-refractivity contribution in [3.8, 4) is 18.1 Å². The van der Waals surface area contributed by atoms with Gasteiger partial charge in [-0.05, 0) is 94.2 Å². The van der Waals surface area contributed by atoms with Crippen molar-refractivity contribution in [3.05, 3.63) is 78.2 Å². The van der Waals surface area contributed by atoms with Gasteiger partial charge < -0.3 is 9.47 Å². The van der Waals surface area contributed by atoms with Gasteiger partial charge in [0.2, 0.25) is 0 Å². The third-order valence-corrected chi connectivity index (χ3v) is 8.46. The number of esters is 1. The quantitative estimate of drug-likeness (QED) is 0.219. The number of aromatic nitrogens is 1. The number of thiazole rings is 1. The van der Waals surface area contributed by atoms with Crippen molar-refractivity contribution in [1.29, 1.82) is 0 Å². The van der Waals surface area contributed by atoms with Crippen LogP contribution < -0.4 is 19.6 Å². The number of thiophene rings is 1. The van der Waals surface area contributed by atoms with E-state index in [1.54, 1.807) is 18.4 Å². The molecule has 0 amide bonds. The topological polar surface area (TPSA) is 69.9 Å². The van der Waals surface area contributed by atoms with E-state index in [0.717, 1.165) is 23.3 Å². The first-order valence-electron chi connectivity index (χ1n) is 10.1. The number of allylic oxidation sites excluding steroid dienone is 1. The Kier molecular flexibility index (Phi) is 7.96. The fraction of sp³-hybridized carbons (Fsp3) is 0.208. The van der Waals surface area contributed by atoms with E-state index in [1.807, 2.05) is 35.7 Å². The molecule has 0 fully saturated rings. The molecule has 4 rings (SSSR count). The van der Waals surface area contributed by atoms with Gasteiger partial charge in [-0.1, -0.05) is 23.3 Å². The molecule has 10 heteroatoms. The molecule has 1 aromatic carbocycles. The number of nitrogens with zero attached hydrogens (tertiary/aromatic N) is 2. The van der Waals surface area contributed by atoms with E-state index < -0.39 is 12.0 Å². The molecule has 0 aliphatic carbocycles. The summed E-state index contributed by atoms with van der Waals surface area (Å²) in [6.07, 6.45) is 7.15. The first kappa shape index (κ1) is 25.2. The molecule has 0 saturated carbocycles. The van der Waals surface area contributed by atoms with Crippen LogP contribution in [-0.2, 0) is 9.53 Å². The van der Waals surface area contributed by atoms with Gasteiger partial charge in [0.1, 0.15) is 18.4 Å². The number of carbonyl (C=O) groups excluding carboxylic acids is 1. The van der Waals surface area contributed by atoms with E-state index in [1.165, 1.54) is 22.7 Å². The molecule has 1 aliphatic heterocycles. The number of benzene rings is 1. The van der Waals surface area contributed by atoms with E-state index in [0.29, 0.717) is 20.6 Å². The van der Waals surface area contributed by atoms with Crippen LogP contribution in [0.1, 0.15) is 30.3 Å². The Labute approximate surface area is 231 Å². The van der Waals surface area contributed by atoms with E-state index in [2.05, 4.69) is 56.1 Å². The number of terminal acetylenes is 1. The number of fused-ring (bicyclic) bond motifs is 1. The Balaban J connectivity index is 1.87. The van der Waals surface area contributed by atoms with Gasteiger partial charge in [-0.3, -0.25) is 9.36 Å². The number of hydrogen-bond acceptors (Lipinski definition) is 7. The average molecular weight is 716 g/mol. The zero-order valence-electron chi connectivity index (χ0n) is 18.1. The normalized spacial score (nSPS) is 15.5. The molecule has 0 radical (unpaired) electrons. The number of rotatable bonds is 6. The van der Waals surface area contributed by atoms with Crippen molar-refractivity contribution in [2.45, 2.75) is 19.9 Å². The van der Waals surface area contributed by atoms with Crippen molar-refractivity contribution >= 4 is 79.9 Å². The van der Waals surface area contributed by atoms with Gasteiger partial charge in [0, 0.05) is 4.88 Å². The Bertz CT molecular complexity index is 1490. The van der Waals surface area contributed by atoms with Crippen molar-refractivity contribution in [2.24, 2.45) is 4.99 Å². The molecule has 3 heterocycles. The lowest BCUT2D eigenvalue weighted by Gasteiger charge is -2.23. The summed E-state index contributed by atoms with van der Waals surface area (Å²) in [6.45, 7) is 3.97. The van der Waals surface area contributed by atoms with Crippen LogP contribution in [0.5, 0.6) is 5.75 Å². The lowest BCUT2D eigenvalue weighted by atomic mass is 10.0. The first-order chi connectivity index (χ1) is 16.3. The van der Waals surface area contributed by atoms with Crippen LogP contribution in [-0.4, -0.2) is 23.8 Å². The monoisotopic (exact) mass is 716 g/mol. The van der Waals surface area contributed by atoms with Crippen molar-refractivity contribution < 1.29 is 14.3 Å². The molecule has 1 atom stereocenters. The summed E-state index contributed by atoms with van der Waals surface area (Å²) in [5.74, 6) is 2.74. The highest BCUT2D eigenvalue weighted by molar-refractivity contribution is 14.1. The fourth-order valence-electron chi connectivity index (χ4n) is 3.57. The van der Waals surface area contributed by atoms with Crippen LogP contribution in [0.4, 0.5) is 0 Å². The molecule has 0 bridgehead atoms. The highest BCUT2D eigenvalue weighted by Crippen LogP contribution is 2.33. The third kappa shape index (κ3) is 4.89. The maximum Gasteiger partial charge on any atom is 0.338 e. The maximum absolute atomic E-state index is 13.6. The van der Waals surface area contributed by atoms with Crippen LogP contribution in [0, 0.1) is 19.5 Å². The smallest absolute Gasteiger partial charge is 0.338 e. The predicted molar refractivity (Wildman–Crippen MR) is 151 cm³/mol. The minimum absolute atomic E-state index is 0.189. The van der Waals surface area contributed by atoms with Gasteiger partial charge in [-0.15, -0.1) is 17.8 Å². The second-order valence-electron chi connectivity index (χ2n) is 7.12. The van der Waals surface area contributed by atoms with E-state index in [-0.39, 0.29) is 18.8 Å². The van der Waals surface area contributed by atoms with Gasteiger partial charge in [0.15, 0.2) is 4.80 Å². The summed E-state index contributed by atoms with van der Waals surface area (Å²) in [4.78, 5) is 32.5. The minimum Gasteiger partial charge on any atom is -0.479 e. The lowest BCUT2D eigenvalue weighted by Crippen LogP contribution is -2.39. The molecule has 6 nitrogen and oxygen atoms in total. The second kappa shape index (κ2) is 10.8. The zero-order chi connectivity index (χ0) is 24.4. The van der Waals surface area contributed by atoms with Gasteiger partial charge in [-0.2, -0.15) is 0 Å². The third-order valence-electron chi connectivity index (χ3n) is 4.95. The molecule has 3 aromatic rings. The predicted octanol–water partition coefficient (Wildman–Crippen LogP) is 4.08. The van der Waals surface area contributed by atoms with E-state index in [4.69, 9.17) is 15.9 Å². The minimum atomic E-state index is -0.572. The van der Waals surface area contributed by atoms with Crippen molar-refractivity contribution in [3.63, 3.8) is 0 Å². The van der Waals surface area contributed by atoms with Gasteiger partial charge in [0.05, 0.1) is 29.5 Å². The molecule has 1 aliphatic rings. The molecule has 0 spiro atoms. The Morgan fingerprint density at radius 3 is 2.71 bits per heavy atom. The molecular weight excluding hydrogens is 698 g/mol. The Morgan fingerprint density at radius 1 is 1.35 bits per heavy atom. The molecule has 34 heavy (non-hydrogen) atoms. The highest BCUT2D eigenvalue weighted by atomic mass is 127. The van der Waals surface area contributed by atoms with E-state index in [9.17, 15) is 9.59 Å². The standard InChI is InChI=1S/C24H18I2N2O4S2/c1-4-8-32-21-15(25)10-14(11-16(21)26)12-18-22(29)28-20(17-7-6-9-33-17)19(23(30)31-5-2)13(3)27-24(28)34-18/h1,6-7,9-12,20H,5,8H2,2-3H3/b18-12+. The maximum atomic E-state index is 13.6. The molecule has 0 N–H and O–H groups in total. The fourth-order valence-corrected chi connectivity index (χ4v) is 7.57. The van der Waals surface area contributed by atoms with Crippen LogP contribution in [0.25, 0.3) is 6.08 Å². The Morgan fingerprint density at radius 2 is 2.09 bits per heavy atom. The SMILES string of the molecule is C#CCOc1c(I)cc(/C=c2/sc3n(c2=O)C(c2cccs2)C(C(=O)OCC)=C(C)N=3)cc1I. The van der Waals surface area contributed by atoms with Crippen LogP contribution >= 0.6 is 67.9 Å². The molecule has 174 valence electrons. The average Bonchev–Trinajstić information content (AvgIpc) is 3.41. The Hall–Kier alpha value is -1.95. The number of carbonyl (C=O) groups is 1. The number of halogens is 2. The number of hydrogen-bond donors (Lipinski definition) is 0. The largest absolute Gasteiger partial charge is 0.479 e. The molecular formula is C24H18I2N2O4S2. The second-order valence-corrected chi connectivity index (χ2v) is 11.4. The van der Waals surface area contributed by atoms with Gasteiger partial charge in [0.25, 0.3) is 5.56 Å². The summed E-state index contributed by atoms with van der Waals surface area (Å²) in [5, 5.41) is 1.93. The van der Waals surface area contributed by atoms with Gasteiger partial charge in [-0.25, -0.2) is 9.79 Å². The summed E-state index contributed by atoms with van der Waals surface area (Å²) >= 11 is 7.18. The first-order valence-corrected chi connectivity index (χ1v) is 14.0. The summed E-state index contributed by atoms with van der Waals surface area (Å²) < 4.78 is 14.9. The summed E-state index contributed by atoms with van der Waals surface area (Å²) in [6, 6.07) is 7.14.